The molecular formula is C29H34N2O2. The molecule has 3 atom stereocenters. The zero-order valence-corrected chi connectivity index (χ0v) is 19.5. The van der Waals surface area contributed by atoms with Gasteiger partial charge in [-0.25, -0.2) is 0 Å². The third kappa shape index (κ3) is 4.02. The van der Waals surface area contributed by atoms with E-state index in [0.717, 1.165) is 51.9 Å². The Bertz CT molecular complexity index is 1100. The number of rotatable bonds is 5. The summed E-state index contributed by atoms with van der Waals surface area (Å²) in [6.07, 6.45) is 3.91. The molecule has 1 heterocycles. The number of fused-ring (bicyclic) bond motifs is 1. The van der Waals surface area contributed by atoms with Crippen molar-refractivity contribution in [2.45, 2.75) is 38.1 Å². The van der Waals surface area contributed by atoms with Gasteiger partial charge in [-0.2, -0.15) is 0 Å². The van der Waals surface area contributed by atoms with Crippen molar-refractivity contribution in [2.75, 3.05) is 31.1 Å². The van der Waals surface area contributed by atoms with Crippen LogP contribution in [0.3, 0.4) is 0 Å². The highest BCUT2D eigenvalue weighted by Gasteiger charge is 2.48. The summed E-state index contributed by atoms with van der Waals surface area (Å²) in [5.74, 6) is -0.786. The number of hydrogen-bond acceptors (Lipinski definition) is 3. The Morgan fingerprint density at radius 1 is 0.848 bits per heavy atom. The van der Waals surface area contributed by atoms with Gasteiger partial charge in [-0.3, -0.25) is 9.69 Å². The van der Waals surface area contributed by atoms with E-state index in [4.69, 9.17) is 0 Å². The molecule has 1 saturated heterocycles. The highest BCUT2D eigenvalue weighted by molar-refractivity contribution is 5.94. The Morgan fingerprint density at radius 2 is 1.52 bits per heavy atom. The van der Waals surface area contributed by atoms with E-state index in [1.807, 2.05) is 0 Å². The summed E-state index contributed by atoms with van der Waals surface area (Å²) in [5.41, 5.74) is 2.27. The first-order valence-corrected chi connectivity index (χ1v) is 12.3. The number of carboxylic acid groups (broad SMARTS) is 1. The molecule has 3 aromatic carbocycles. The first-order valence-electron chi connectivity index (χ1n) is 12.3. The number of benzene rings is 3. The van der Waals surface area contributed by atoms with Crippen molar-refractivity contribution >= 4 is 22.4 Å². The van der Waals surface area contributed by atoms with Crippen LogP contribution in [0.15, 0.2) is 72.8 Å². The maximum absolute atomic E-state index is 12.3. The third-order valence-electron chi connectivity index (χ3n) is 8.21. The number of carbonyl (C=O) groups is 1. The summed E-state index contributed by atoms with van der Waals surface area (Å²) in [6, 6.07) is 25.8. The molecule has 5 rings (SSSR count). The van der Waals surface area contributed by atoms with E-state index >= 15 is 0 Å². The number of piperazine rings is 1. The van der Waals surface area contributed by atoms with Crippen molar-refractivity contribution in [3.05, 3.63) is 78.4 Å². The summed E-state index contributed by atoms with van der Waals surface area (Å²) in [7, 11) is 0. The highest BCUT2D eigenvalue weighted by atomic mass is 16.4. The van der Waals surface area contributed by atoms with Gasteiger partial charge in [0, 0.05) is 42.8 Å². The van der Waals surface area contributed by atoms with Crippen LogP contribution < -0.4 is 4.90 Å². The van der Waals surface area contributed by atoms with E-state index < -0.39 is 5.97 Å². The Kier molecular flexibility index (Phi) is 6.11. The topological polar surface area (TPSA) is 43.8 Å². The van der Waals surface area contributed by atoms with Crippen LogP contribution in [-0.4, -0.2) is 42.2 Å². The van der Waals surface area contributed by atoms with Crippen LogP contribution in [0.1, 0.15) is 38.2 Å². The molecule has 3 unspecified atom stereocenters. The van der Waals surface area contributed by atoms with Gasteiger partial charge in [-0.05, 0) is 42.7 Å². The molecule has 1 aliphatic carbocycles. The van der Waals surface area contributed by atoms with E-state index in [0.29, 0.717) is 0 Å². The van der Waals surface area contributed by atoms with E-state index in [1.54, 1.807) is 0 Å². The predicted molar refractivity (Wildman–Crippen MR) is 135 cm³/mol. The Labute approximate surface area is 196 Å². The van der Waals surface area contributed by atoms with Gasteiger partial charge in [0.05, 0.1) is 5.92 Å². The SMILES string of the molecule is CC(c1ccccc1)(C1CCCCC1C(=O)O)N1CCN(c2cccc3ccccc23)CC1. The van der Waals surface area contributed by atoms with Crippen LogP contribution in [0, 0.1) is 11.8 Å². The number of hydrogen-bond donors (Lipinski definition) is 1. The van der Waals surface area contributed by atoms with E-state index in [-0.39, 0.29) is 17.4 Å². The lowest BCUT2D eigenvalue weighted by Crippen LogP contribution is -2.59. The number of nitrogens with zero attached hydrogens (tertiary/aromatic N) is 2. The van der Waals surface area contributed by atoms with E-state index in [2.05, 4.69) is 89.5 Å². The normalized spacial score (nSPS) is 23.8. The fraction of sp³-hybridized carbons (Fsp3) is 0.414. The summed E-state index contributed by atoms with van der Waals surface area (Å²) in [6.45, 7) is 6.05. The lowest BCUT2D eigenvalue weighted by molar-refractivity contribution is -0.148. The van der Waals surface area contributed by atoms with Crippen LogP contribution in [0.25, 0.3) is 10.8 Å². The second kappa shape index (κ2) is 9.18. The molecule has 0 radical (unpaired) electrons. The first kappa shape index (κ1) is 22.0. The van der Waals surface area contributed by atoms with Gasteiger partial charge in [0.2, 0.25) is 0 Å². The van der Waals surface area contributed by atoms with Gasteiger partial charge in [-0.1, -0.05) is 79.6 Å². The minimum Gasteiger partial charge on any atom is -0.481 e. The van der Waals surface area contributed by atoms with E-state index in [9.17, 15) is 9.90 Å². The van der Waals surface area contributed by atoms with Crippen LogP contribution in [-0.2, 0) is 10.3 Å². The molecule has 2 fully saturated rings. The fourth-order valence-electron chi connectivity index (χ4n) is 6.40. The monoisotopic (exact) mass is 442 g/mol. The minimum atomic E-state index is -0.628. The summed E-state index contributed by atoms with van der Waals surface area (Å²) in [5, 5.41) is 12.7. The van der Waals surface area contributed by atoms with Gasteiger partial charge in [0.15, 0.2) is 0 Å². The lowest BCUT2D eigenvalue weighted by atomic mass is 9.65. The molecule has 3 aromatic rings. The number of anilines is 1. The Morgan fingerprint density at radius 3 is 2.27 bits per heavy atom. The third-order valence-corrected chi connectivity index (χ3v) is 8.21. The van der Waals surface area contributed by atoms with Crippen LogP contribution in [0.5, 0.6) is 0 Å². The maximum atomic E-state index is 12.3. The molecule has 4 nitrogen and oxygen atoms in total. The minimum absolute atomic E-state index is 0.121. The fourth-order valence-corrected chi connectivity index (χ4v) is 6.40. The molecule has 1 N–H and O–H groups in total. The molecule has 0 amide bonds. The average molecular weight is 443 g/mol. The zero-order valence-electron chi connectivity index (χ0n) is 19.5. The predicted octanol–water partition coefficient (Wildman–Crippen LogP) is 5.77. The average Bonchev–Trinajstić information content (AvgIpc) is 2.88. The van der Waals surface area contributed by atoms with Crippen molar-refractivity contribution < 1.29 is 9.90 Å². The molecule has 172 valence electrons. The van der Waals surface area contributed by atoms with Crippen LogP contribution in [0.4, 0.5) is 5.69 Å². The first-order chi connectivity index (χ1) is 16.1. The molecule has 2 aliphatic rings. The molecule has 0 bridgehead atoms. The lowest BCUT2D eigenvalue weighted by Gasteiger charge is -2.53. The molecule has 33 heavy (non-hydrogen) atoms. The summed E-state index contributed by atoms with van der Waals surface area (Å²) >= 11 is 0. The number of aliphatic carboxylic acids is 1. The van der Waals surface area contributed by atoms with Gasteiger partial charge in [-0.15, -0.1) is 0 Å². The molecule has 4 heteroatoms. The summed E-state index contributed by atoms with van der Waals surface area (Å²) in [4.78, 5) is 17.3. The smallest absolute Gasteiger partial charge is 0.306 e. The second-order valence-corrected chi connectivity index (χ2v) is 9.82. The second-order valence-electron chi connectivity index (χ2n) is 9.82. The van der Waals surface area contributed by atoms with Crippen molar-refractivity contribution in [3.63, 3.8) is 0 Å². The number of carboxylic acids is 1. The van der Waals surface area contributed by atoms with Crippen LogP contribution >= 0.6 is 0 Å². The largest absolute Gasteiger partial charge is 0.481 e. The Balaban J connectivity index is 1.45. The Hall–Kier alpha value is -2.85. The highest BCUT2D eigenvalue weighted by Crippen LogP contribution is 2.47. The van der Waals surface area contributed by atoms with Crippen molar-refractivity contribution in [2.24, 2.45) is 11.8 Å². The summed E-state index contributed by atoms with van der Waals surface area (Å²) < 4.78 is 0. The standard InChI is InChI=1S/C29H34N2O2/c1-29(23-12-3-2-4-13-23,26-16-8-7-15-25(26)28(32)33)31-20-18-30(19-21-31)27-17-9-11-22-10-5-6-14-24(22)27/h2-6,9-14,17,25-26H,7-8,15-16,18-21H2,1H3,(H,32,33). The molecule has 1 aliphatic heterocycles. The van der Waals surface area contributed by atoms with Crippen molar-refractivity contribution in [1.82, 2.24) is 4.90 Å². The molecule has 1 saturated carbocycles. The van der Waals surface area contributed by atoms with Gasteiger partial charge >= 0.3 is 5.97 Å². The molecule has 0 aromatic heterocycles. The van der Waals surface area contributed by atoms with Crippen molar-refractivity contribution in [1.29, 1.82) is 0 Å². The van der Waals surface area contributed by atoms with Gasteiger partial charge < -0.3 is 10.0 Å². The quantitative estimate of drug-likeness (QED) is 0.545. The molecule has 0 spiro atoms. The van der Waals surface area contributed by atoms with Crippen LogP contribution in [0.2, 0.25) is 0 Å². The maximum Gasteiger partial charge on any atom is 0.306 e. The van der Waals surface area contributed by atoms with Gasteiger partial charge in [0.1, 0.15) is 0 Å². The van der Waals surface area contributed by atoms with Crippen molar-refractivity contribution in [3.8, 4) is 0 Å². The zero-order chi connectivity index (χ0) is 22.8. The molecular weight excluding hydrogens is 408 g/mol. The van der Waals surface area contributed by atoms with E-state index in [1.165, 1.54) is 22.0 Å². The van der Waals surface area contributed by atoms with Gasteiger partial charge in [0.25, 0.3) is 0 Å².